The molecule has 2 saturated carbocycles. The van der Waals surface area contributed by atoms with E-state index in [1.807, 2.05) is 0 Å². The number of phenols is 1. The van der Waals surface area contributed by atoms with E-state index in [9.17, 15) is 23.4 Å². The van der Waals surface area contributed by atoms with E-state index in [2.05, 4.69) is 15.0 Å². The normalized spacial score (nSPS) is 26.5. The summed E-state index contributed by atoms with van der Waals surface area (Å²) >= 11 is 0. The number of halogens is 3. The number of hydrogen-bond donors (Lipinski definition) is 3. The summed E-state index contributed by atoms with van der Waals surface area (Å²) < 4.78 is 38.7. The number of nitrogens with two attached hydrogens (primary N) is 1. The quantitative estimate of drug-likeness (QED) is 0.676. The summed E-state index contributed by atoms with van der Waals surface area (Å²) in [4.78, 5) is 13.1. The Labute approximate surface area is 165 Å². The number of phenolic OH excluding ortho intramolecular Hbond substituents is 1. The number of aliphatic hydroxyl groups is 1. The number of fused-ring (bicyclic) bond motifs is 2. The Bertz CT molecular complexity index is 973. The summed E-state index contributed by atoms with van der Waals surface area (Å²) in [7, 11) is 0. The van der Waals surface area contributed by atoms with Gasteiger partial charge in [-0.15, -0.1) is 0 Å². The maximum absolute atomic E-state index is 12.9. The third kappa shape index (κ3) is 3.55. The molecule has 0 spiro atoms. The summed E-state index contributed by atoms with van der Waals surface area (Å²) in [5.74, 6) is -0.477. The van der Waals surface area contributed by atoms with Crippen LogP contribution >= 0.6 is 0 Å². The average Bonchev–Trinajstić information content (AvgIpc) is 3.13. The van der Waals surface area contributed by atoms with Gasteiger partial charge in [0.25, 0.3) is 0 Å². The van der Waals surface area contributed by atoms with Crippen LogP contribution in [0.1, 0.15) is 48.9 Å². The topological polar surface area (TPSA) is 105 Å². The molecule has 154 valence electrons. The number of anilines is 1. The third-order valence-electron chi connectivity index (χ3n) is 5.96. The Kier molecular flexibility index (Phi) is 4.34. The van der Waals surface area contributed by atoms with Crippen LogP contribution in [0.5, 0.6) is 5.75 Å². The second-order valence-corrected chi connectivity index (χ2v) is 8.09. The van der Waals surface area contributed by atoms with Gasteiger partial charge in [-0.1, -0.05) is 0 Å². The maximum Gasteiger partial charge on any atom is 0.416 e. The first-order chi connectivity index (χ1) is 13.5. The van der Waals surface area contributed by atoms with E-state index >= 15 is 0 Å². The van der Waals surface area contributed by atoms with Crippen molar-refractivity contribution in [2.24, 2.45) is 4.99 Å². The second kappa shape index (κ2) is 6.41. The number of aliphatic imine (C=N–C) groups is 1. The molecule has 1 aromatic heterocycles. The first-order valence-electron chi connectivity index (χ1n) is 9.32. The van der Waals surface area contributed by atoms with Crippen molar-refractivity contribution in [3.63, 3.8) is 0 Å². The van der Waals surface area contributed by atoms with Crippen LogP contribution in [0.15, 0.2) is 23.3 Å². The van der Waals surface area contributed by atoms with Crippen LogP contribution in [0.25, 0.3) is 11.3 Å². The maximum atomic E-state index is 12.9. The first kappa shape index (κ1) is 19.6. The summed E-state index contributed by atoms with van der Waals surface area (Å²) in [6.45, 7) is 1.46. The molecule has 0 amide bonds. The zero-order valence-electron chi connectivity index (χ0n) is 15.8. The average molecular weight is 406 g/mol. The number of aromatic nitrogens is 2. The van der Waals surface area contributed by atoms with Crippen molar-refractivity contribution in [2.75, 3.05) is 5.73 Å². The molecule has 2 fully saturated rings. The van der Waals surface area contributed by atoms with Crippen molar-refractivity contribution in [3.8, 4) is 17.0 Å². The molecule has 29 heavy (non-hydrogen) atoms. The minimum atomic E-state index is -4.56. The second-order valence-electron chi connectivity index (χ2n) is 8.09. The predicted octanol–water partition coefficient (Wildman–Crippen LogP) is 3.63. The summed E-state index contributed by atoms with van der Waals surface area (Å²) in [6, 6.07) is 1.61. The highest BCUT2D eigenvalue weighted by atomic mass is 19.4. The van der Waals surface area contributed by atoms with Crippen molar-refractivity contribution in [1.82, 2.24) is 9.97 Å². The van der Waals surface area contributed by atoms with E-state index in [1.54, 1.807) is 6.21 Å². The fourth-order valence-electron chi connectivity index (χ4n) is 4.42. The molecule has 4 rings (SSSR count). The largest absolute Gasteiger partial charge is 0.507 e. The van der Waals surface area contributed by atoms with Gasteiger partial charge in [0.05, 0.1) is 34.8 Å². The minimum absolute atomic E-state index is 0.0626. The Balaban J connectivity index is 1.62. The van der Waals surface area contributed by atoms with Crippen molar-refractivity contribution in [1.29, 1.82) is 0 Å². The van der Waals surface area contributed by atoms with Crippen molar-refractivity contribution >= 4 is 12.0 Å². The molecule has 2 bridgehead atoms. The number of alkyl halides is 3. The molecule has 0 unspecified atom stereocenters. The van der Waals surface area contributed by atoms with Gasteiger partial charge >= 0.3 is 6.18 Å². The lowest BCUT2D eigenvalue weighted by molar-refractivity contribution is -0.137. The molecule has 9 heteroatoms. The fourth-order valence-corrected chi connectivity index (χ4v) is 4.42. The molecule has 0 aliphatic heterocycles. The van der Waals surface area contributed by atoms with Gasteiger partial charge in [-0.2, -0.15) is 13.2 Å². The molecule has 0 atom stereocenters. The van der Waals surface area contributed by atoms with Crippen LogP contribution in [0.3, 0.4) is 0 Å². The lowest BCUT2D eigenvalue weighted by Gasteiger charge is -2.21. The van der Waals surface area contributed by atoms with Crippen molar-refractivity contribution < 1.29 is 23.4 Å². The fraction of sp³-hybridized carbons (Fsp3) is 0.450. The van der Waals surface area contributed by atoms with Crippen LogP contribution in [0.4, 0.5) is 19.0 Å². The first-order valence-corrected chi connectivity index (χ1v) is 9.32. The zero-order chi connectivity index (χ0) is 21.0. The molecular formula is C20H21F3N4O2. The number of nitrogens with zero attached hydrogens (tertiary/aromatic N) is 3. The number of aryl methyl sites for hydroxylation is 1. The lowest BCUT2D eigenvalue weighted by Crippen LogP contribution is -2.20. The highest BCUT2D eigenvalue weighted by Gasteiger charge is 2.53. The highest BCUT2D eigenvalue weighted by Crippen LogP contribution is 2.52. The van der Waals surface area contributed by atoms with Crippen molar-refractivity contribution in [3.05, 3.63) is 35.2 Å². The molecule has 1 heterocycles. The van der Waals surface area contributed by atoms with E-state index in [4.69, 9.17) is 5.73 Å². The van der Waals surface area contributed by atoms with Gasteiger partial charge in [0, 0.05) is 12.0 Å². The Morgan fingerprint density at radius 1 is 1.21 bits per heavy atom. The smallest absolute Gasteiger partial charge is 0.416 e. The van der Waals surface area contributed by atoms with E-state index in [-0.39, 0.29) is 28.2 Å². The van der Waals surface area contributed by atoms with E-state index in [0.29, 0.717) is 18.2 Å². The SMILES string of the molecule is Cc1cc(C(F)(F)F)cc(O)c1-c1cnc(C=NC23CCC(O)(CC2)C3)c(N)n1. The van der Waals surface area contributed by atoms with E-state index < -0.39 is 23.1 Å². The van der Waals surface area contributed by atoms with Gasteiger partial charge < -0.3 is 15.9 Å². The third-order valence-corrected chi connectivity index (χ3v) is 5.96. The Morgan fingerprint density at radius 2 is 1.90 bits per heavy atom. The van der Waals surface area contributed by atoms with Crippen LogP contribution in [-0.2, 0) is 6.18 Å². The number of aromatic hydroxyl groups is 1. The van der Waals surface area contributed by atoms with E-state index in [1.165, 1.54) is 13.1 Å². The van der Waals surface area contributed by atoms with Gasteiger partial charge in [0.1, 0.15) is 11.4 Å². The number of benzene rings is 1. The summed E-state index contributed by atoms with van der Waals surface area (Å²) in [5, 5.41) is 20.5. The van der Waals surface area contributed by atoms with Gasteiger partial charge in [0.2, 0.25) is 0 Å². The predicted molar refractivity (Wildman–Crippen MR) is 102 cm³/mol. The van der Waals surface area contributed by atoms with Crippen molar-refractivity contribution in [2.45, 2.75) is 56.3 Å². The van der Waals surface area contributed by atoms with Crippen LogP contribution in [0, 0.1) is 6.92 Å². The molecule has 6 nitrogen and oxygen atoms in total. The number of nitrogen functional groups attached to an aromatic ring is 1. The molecule has 2 aromatic rings. The van der Waals surface area contributed by atoms with Gasteiger partial charge in [-0.05, 0) is 50.3 Å². The van der Waals surface area contributed by atoms with Crippen LogP contribution in [0.2, 0.25) is 0 Å². The van der Waals surface area contributed by atoms with Crippen LogP contribution < -0.4 is 5.73 Å². The Hall–Kier alpha value is -2.68. The standard InChI is InChI=1S/C20H21F3N4O2/c1-11-6-12(20(21,22)23)7-15(28)16(11)13-8-25-14(17(24)27-13)9-26-18-2-4-19(29,10-18)5-3-18/h6-9,28-29H,2-5,10H2,1H3,(H2,24,27). The molecule has 0 saturated heterocycles. The summed E-state index contributed by atoms with van der Waals surface area (Å²) in [5.41, 5.74) is 5.03. The molecule has 1 aromatic carbocycles. The molecule has 2 aliphatic rings. The Morgan fingerprint density at radius 3 is 2.41 bits per heavy atom. The molecule has 2 aliphatic carbocycles. The number of hydrogen-bond acceptors (Lipinski definition) is 6. The van der Waals surface area contributed by atoms with Crippen LogP contribution in [-0.4, -0.2) is 37.5 Å². The molecule has 0 radical (unpaired) electrons. The molecule has 4 N–H and O–H groups in total. The van der Waals surface area contributed by atoms with E-state index in [0.717, 1.165) is 31.7 Å². The minimum Gasteiger partial charge on any atom is -0.507 e. The summed E-state index contributed by atoms with van der Waals surface area (Å²) in [6.07, 6.45) is 2.05. The molecular weight excluding hydrogens is 385 g/mol. The van der Waals surface area contributed by atoms with Gasteiger partial charge in [0.15, 0.2) is 5.82 Å². The highest BCUT2D eigenvalue weighted by molar-refractivity contribution is 5.84. The monoisotopic (exact) mass is 406 g/mol. The van der Waals surface area contributed by atoms with Gasteiger partial charge in [-0.25, -0.2) is 9.97 Å². The lowest BCUT2D eigenvalue weighted by atomic mass is 9.93. The zero-order valence-corrected chi connectivity index (χ0v) is 15.8. The van der Waals surface area contributed by atoms with Gasteiger partial charge in [-0.3, -0.25) is 4.99 Å². The number of rotatable bonds is 3.